The van der Waals surface area contributed by atoms with Crippen LogP contribution in [0.25, 0.3) is 10.9 Å². The molecule has 1 unspecified atom stereocenters. The van der Waals surface area contributed by atoms with Crippen molar-refractivity contribution in [1.82, 2.24) is 14.5 Å². The Morgan fingerprint density at radius 2 is 1.96 bits per heavy atom. The fourth-order valence-corrected chi connectivity index (χ4v) is 4.40. The van der Waals surface area contributed by atoms with Crippen LogP contribution in [0.5, 0.6) is 0 Å². The van der Waals surface area contributed by atoms with E-state index >= 15 is 0 Å². The summed E-state index contributed by atoms with van der Waals surface area (Å²) in [6, 6.07) is 7.43. The third kappa shape index (κ3) is 4.94. The lowest BCUT2D eigenvalue weighted by Crippen LogP contribution is -2.44. The number of hydrogen-bond donors (Lipinski definition) is 0. The molecule has 6 nitrogen and oxygen atoms in total. The minimum absolute atomic E-state index is 0.0179. The summed E-state index contributed by atoms with van der Waals surface area (Å²) in [6.07, 6.45) is 4.33. The lowest BCUT2D eigenvalue weighted by molar-refractivity contribution is -0.134. The van der Waals surface area contributed by atoms with Gasteiger partial charge in [-0.2, -0.15) is 0 Å². The molecule has 7 heteroatoms. The second-order valence-electron chi connectivity index (χ2n) is 7.13. The van der Waals surface area contributed by atoms with E-state index < -0.39 is 0 Å². The molecule has 3 rings (SSSR count). The lowest BCUT2D eigenvalue weighted by Gasteiger charge is -2.29. The zero-order valence-corrected chi connectivity index (χ0v) is 17.5. The molecule has 152 valence electrons. The Morgan fingerprint density at radius 1 is 1.21 bits per heavy atom. The molecule has 1 amide bonds. The third-order valence-corrected chi connectivity index (χ3v) is 6.09. The number of aromatic nitrogens is 2. The molecule has 0 radical (unpaired) electrons. The van der Waals surface area contributed by atoms with Crippen molar-refractivity contribution < 1.29 is 9.53 Å². The van der Waals surface area contributed by atoms with Gasteiger partial charge >= 0.3 is 0 Å². The first kappa shape index (κ1) is 20.9. The van der Waals surface area contributed by atoms with Crippen LogP contribution in [0.15, 0.2) is 34.2 Å². The van der Waals surface area contributed by atoms with Gasteiger partial charge in [-0.1, -0.05) is 50.1 Å². The predicted octanol–water partition coefficient (Wildman–Crippen LogP) is 3.32. The van der Waals surface area contributed by atoms with E-state index in [1.807, 2.05) is 36.1 Å². The van der Waals surface area contributed by atoms with Crippen LogP contribution in [0.2, 0.25) is 0 Å². The van der Waals surface area contributed by atoms with Crippen LogP contribution in [-0.2, 0) is 16.1 Å². The molecule has 2 aromatic rings. The highest BCUT2D eigenvalue weighted by Crippen LogP contribution is 2.24. The maximum absolute atomic E-state index is 13.1. The first-order valence-electron chi connectivity index (χ1n) is 10.1. The Bertz CT molecular complexity index is 862. The molecule has 0 bridgehead atoms. The fourth-order valence-electron chi connectivity index (χ4n) is 3.38. The highest BCUT2D eigenvalue weighted by Gasteiger charge is 2.25. The molecule has 1 fully saturated rings. The average Bonchev–Trinajstić information content (AvgIpc) is 2.73. The minimum atomic E-state index is -0.298. The number of benzene rings is 1. The summed E-state index contributed by atoms with van der Waals surface area (Å²) < 4.78 is 7.09. The smallest absolute Gasteiger partial charge is 0.262 e. The summed E-state index contributed by atoms with van der Waals surface area (Å²) in [4.78, 5) is 32.4. The number of nitrogens with zero attached hydrogens (tertiary/aromatic N) is 3. The van der Waals surface area contributed by atoms with Crippen molar-refractivity contribution >= 4 is 28.6 Å². The predicted molar refractivity (Wildman–Crippen MR) is 113 cm³/mol. The van der Waals surface area contributed by atoms with Crippen molar-refractivity contribution in [3.63, 3.8) is 0 Å². The van der Waals surface area contributed by atoms with E-state index in [1.54, 1.807) is 4.57 Å². The van der Waals surface area contributed by atoms with Gasteiger partial charge in [-0.25, -0.2) is 4.98 Å². The molecule has 1 saturated heterocycles. The molecule has 0 N–H and O–H groups in total. The van der Waals surface area contributed by atoms with Gasteiger partial charge in [0.15, 0.2) is 5.16 Å². The molecule has 2 heterocycles. The van der Waals surface area contributed by atoms with Crippen LogP contribution in [0.1, 0.15) is 39.5 Å². The zero-order chi connectivity index (χ0) is 19.9. The number of carbonyl (C=O) groups is 1. The van der Waals surface area contributed by atoms with Gasteiger partial charge in [-0.15, -0.1) is 0 Å². The highest BCUT2D eigenvalue weighted by molar-refractivity contribution is 8.00. The standard InChI is InChI=1S/C21H29N3O3S/c1-3-4-5-8-11-24-20(26)17-9-6-7-10-18(17)22-21(24)28-16(2)19(25)23-12-14-27-15-13-23/h6-7,9-10,16H,3-5,8,11-15H2,1-2H3. The van der Waals surface area contributed by atoms with Crippen LogP contribution in [0, 0.1) is 0 Å². The van der Waals surface area contributed by atoms with Crippen LogP contribution in [-0.4, -0.2) is 51.9 Å². The number of fused-ring (bicyclic) bond motifs is 1. The van der Waals surface area contributed by atoms with Gasteiger partial charge in [0, 0.05) is 19.6 Å². The molecule has 0 spiro atoms. The number of amides is 1. The lowest BCUT2D eigenvalue weighted by atomic mass is 10.2. The highest BCUT2D eigenvalue weighted by atomic mass is 32.2. The first-order valence-corrected chi connectivity index (χ1v) is 11.0. The number of unbranched alkanes of at least 4 members (excludes halogenated alkanes) is 3. The molecule has 1 aliphatic heterocycles. The largest absolute Gasteiger partial charge is 0.378 e. The number of para-hydroxylation sites is 1. The van der Waals surface area contributed by atoms with Crippen LogP contribution in [0.3, 0.4) is 0 Å². The Labute approximate surface area is 170 Å². The number of hydrogen-bond acceptors (Lipinski definition) is 5. The summed E-state index contributed by atoms with van der Waals surface area (Å²) in [6.45, 7) is 7.11. The first-order chi connectivity index (χ1) is 13.6. The number of carbonyl (C=O) groups excluding carboxylic acids is 1. The Balaban J connectivity index is 1.84. The number of morpholine rings is 1. The Hall–Kier alpha value is -1.86. The fraction of sp³-hybridized carbons (Fsp3) is 0.571. The summed E-state index contributed by atoms with van der Waals surface area (Å²) >= 11 is 1.38. The van der Waals surface area contributed by atoms with Crippen molar-refractivity contribution in [2.45, 2.75) is 56.5 Å². The normalized spacial score (nSPS) is 15.7. The van der Waals surface area contributed by atoms with E-state index in [2.05, 4.69) is 6.92 Å². The second kappa shape index (κ2) is 10.1. The quantitative estimate of drug-likeness (QED) is 0.384. The van der Waals surface area contributed by atoms with E-state index in [4.69, 9.17) is 9.72 Å². The summed E-state index contributed by atoms with van der Waals surface area (Å²) in [5, 5.41) is 0.969. The molecule has 0 saturated carbocycles. The molecule has 1 aromatic heterocycles. The minimum Gasteiger partial charge on any atom is -0.378 e. The molecule has 1 atom stereocenters. The van der Waals surface area contributed by atoms with Crippen LogP contribution >= 0.6 is 11.8 Å². The van der Waals surface area contributed by atoms with E-state index in [1.165, 1.54) is 11.8 Å². The van der Waals surface area contributed by atoms with Crippen LogP contribution in [0.4, 0.5) is 0 Å². The van der Waals surface area contributed by atoms with E-state index in [9.17, 15) is 9.59 Å². The van der Waals surface area contributed by atoms with Gasteiger partial charge in [0.25, 0.3) is 5.56 Å². The van der Waals surface area contributed by atoms with E-state index in [-0.39, 0.29) is 16.7 Å². The molecule has 1 aliphatic rings. The molecule has 1 aromatic carbocycles. The zero-order valence-electron chi connectivity index (χ0n) is 16.7. The SMILES string of the molecule is CCCCCCn1c(SC(C)C(=O)N2CCOCC2)nc2ccccc2c1=O. The summed E-state index contributed by atoms with van der Waals surface area (Å²) in [7, 11) is 0. The van der Waals surface area contributed by atoms with Crippen molar-refractivity contribution in [2.24, 2.45) is 0 Å². The molecular weight excluding hydrogens is 374 g/mol. The Kier molecular flexibility index (Phi) is 7.50. The average molecular weight is 404 g/mol. The monoisotopic (exact) mass is 403 g/mol. The third-order valence-electron chi connectivity index (χ3n) is 5.01. The molecule has 0 aliphatic carbocycles. The number of ether oxygens (including phenoxy) is 1. The van der Waals surface area contributed by atoms with Crippen molar-refractivity contribution in [2.75, 3.05) is 26.3 Å². The van der Waals surface area contributed by atoms with Gasteiger partial charge < -0.3 is 9.64 Å². The Morgan fingerprint density at radius 3 is 2.71 bits per heavy atom. The number of rotatable bonds is 8. The van der Waals surface area contributed by atoms with Gasteiger partial charge in [-0.3, -0.25) is 14.2 Å². The summed E-state index contributed by atoms with van der Waals surface area (Å²) in [5.74, 6) is 0.0771. The number of thioether (sulfide) groups is 1. The summed E-state index contributed by atoms with van der Waals surface area (Å²) in [5.41, 5.74) is 0.668. The second-order valence-corrected chi connectivity index (χ2v) is 8.43. The van der Waals surface area contributed by atoms with E-state index in [0.717, 1.165) is 25.7 Å². The van der Waals surface area contributed by atoms with Crippen molar-refractivity contribution in [3.8, 4) is 0 Å². The maximum atomic E-state index is 13.1. The van der Waals surface area contributed by atoms with Gasteiger partial charge in [0.2, 0.25) is 5.91 Å². The maximum Gasteiger partial charge on any atom is 0.262 e. The van der Waals surface area contributed by atoms with Crippen LogP contribution < -0.4 is 5.56 Å². The molecule has 28 heavy (non-hydrogen) atoms. The van der Waals surface area contributed by atoms with E-state index in [0.29, 0.717) is 48.9 Å². The van der Waals surface area contributed by atoms with Gasteiger partial charge in [0.05, 0.1) is 29.4 Å². The van der Waals surface area contributed by atoms with Crippen molar-refractivity contribution in [1.29, 1.82) is 0 Å². The van der Waals surface area contributed by atoms with Crippen molar-refractivity contribution in [3.05, 3.63) is 34.6 Å². The van der Waals surface area contributed by atoms with Gasteiger partial charge in [-0.05, 0) is 25.5 Å². The van der Waals surface area contributed by atoms with Gasteiger partial charge in [0.1, 0.15) is 0 Å². The molecular formula is C21H29N3O3S. The topological polar surface area (TPSA) is 64.4 Å².